The average molecular weight is 795 g/mol. The second kappa shape index (κ2) is 13.3. The van der Waals surface area contributed by atoms with Gasteiger partial charge in [-0.1, -0.05) is 164 Å². The lowest BCUT2D eigenvalue weighted by Crippen LogP contribution is -2.03. The van der Waals surface area contributed by atoms with Crippen LogP contribution in [0.5, 0.6) is 0 Å². The van der Waals surface area contributed by atoms with E-state index in [0.717, 1.165) is 65.7 Å². The Labute approximate surface area is 354 Å². The number of para-hydroxylation sites is 1. The number of hydrogen-bond acceptors (Lipinski definition) is 3. The topological polar surface area (TPSA) is 35.6 Å². The molecule has 4 heterocycles. The molecule has 0 fully saturated rings. The Balaban J connectivity index is 1.13. The average Bonchev–Trinajstić information content (AvgIpc) is 4.02. The summed E-state index contributed by atoms with van der Waals surface area (Å²) in [5, 5.41) is 11.9. The first kappa shape index (κ1) is 34.0. The summed E-state index contributed by atoms with van der Waals surface area (Å²) in [6, 6.07) is 72.1. The van der Waals surface area contributed by atoms with Crippen LogP contribution in [-0.4, -0.2) is 19.1 Å². The fourth-order valence-corrected chi connectivity index (χ4v) is 10.7. The molecular formula is C56H34N4S. The highest BCUT2D eigenvalue weighted by Crippen LogP contribution is 2.45. The monoisotopic (exact) mass is 794 g/mol. The number of rotatable bonds is 5. The van der Waals surface area contributed by atoms with E-state index < -0.39 is 0 Å². The summed E-state index contributed by atoms with van der Waals surface area (Å²) >= 11 is 1.71. The second-order valence-electron chi connectivity index (χ2n) is 15.7. The molecule has 0 saturated heterocycles. The molecule has 0 aliphatic carbocycles. The molecule has 0 aliphatic heterocycles. The quantitative estimate of drug-likeness (QED) is 0.174. The molecule has 5 heteroatoms. The first-order valence-corrected chi connectivity index (χ1v) is 21.5. The summed E-state index contributed by atoms with van der Waals surface area (Å²) in [4.78, 5) is 11.0. The second-order valence-corrected chi connectivity index (χ2v) is 16.6. The van der Waals surface area contributed by atoms with Crippen molar-refractivity contribution in [3.8, 4) is 45.1 Å². The van der Waals surface area contributed by atoms with E-state index in [0.29, 0.717) is 5.95 Å². The van der Waals surface area contributed by atoms with Crippen LogP contribution in [0.4, 0.5) is 0 Å². The van der Waals surface area contributed by atoms with Crippen LogP contribution in [0.25, 0.3) is 121 Å². The number of nitrogens with zero attached hydrogens (tertiary/aromatic N) is 4. The fraction of sp³-hybridized carbons (Fsp3) is 0. The number of fused-ring (bicyclic) bond motifs is 11. The molecule has 0 radical (unpaired) electrons. The summed E-state index contributed by atoms with van der Waals surface area (Å²) in [6.07, 6.45) is 0. The van der Waals surface area contributed by atoms with Gasteiger partial charge >= 0.3 is 0 Å². The molecule has 0 unspecified atom stereocenters. The molecule has 13 rings (SSSR count). The Bertz CT molecular complexity index is 3860. The van der Waals surface area contributed by atoms with Gasteiger partial charge in [0.2, 0.25) is 5.95 Å². The highest BCUT2D eigenvalue weighted by molar-refractivity contribution is 7.18. The molecule has 9 aromatic carbocycles. The Morgan fingerprint density at radius 2 is 1.05 bits per heavy atom. The lowest BCUT2D eigenvalue weighted by molar-refractivity contribution is 1.02. The maximum absolute atomic E-state index is 5.52. The predicted octanol–water partition coefficient (Wildman–Crippen LogP) is 15.2. The number of thiophene rings is 1. The molecule has 284 valence electrons. The van der Waals surface area contributed by atoms with E-state index in [2.05, 4.69) is 215 Å². The molecule has 0 saturated carbocycles. The van der Waals surface area contributed by atoms with Crippen LogP contribution < -0.4 is 0 Å². The standard InChI is InChI=1S/C56H34N4S/c1-4-15-35(16-5-1)46-34-61-55-52(38-19-6-2-7-20-38)57-56(58-53(46)55)60-47-31-29-39(33-45(47)44-30-27-37-18-11-13-24-43(37)54(44)60)42-25-14-26-48-51(42)50-41-23-12-10-17-36(41)28-32-49(50)59(48)40-21-8-3-9-22-40/h1-34H. The molecule has 0 bridgehead atoms. The van der Waals surface area contributed by atoms with Crippen LogP contribution in [0.2, 0.25) is 0 Å². The van der Waals surface area contributed by atoms with Gasteiger partial charge in [0.15, 0.2) is 0 Å². The van der Waals surface area contributed by atoms with Crippen LogP contribution in [0.1, 0.15) is 0 Å². The summed E-state index contributed by atoms with van der Waals surface area (Å²) in [5.41, 5.74) is 13.3. The van der Waals surface area contributed by atoms with Crippen LogP contribution in [0.3, 0.4) is 0 Å². The third kappa shape index (κ3) is 5.11. The smallest absolute Gasteiger partial charge is 0.235 e. The Morgan fingerprint density at radius 3 is 1.85 bits per heavy atom. The zero-order valence-corrected chi connectivity index (χ0v) is 33.6. The molecule has 0 spiro atoms. The van der Waals surface area contributed by atoms with Gasteiger partial charge in [-0.15, -0.1) is 11.3 Å². The number of aromatic nitrogens is 4. The van der Waals surface area contributed by atoms with Gasteiger partial charge in [0, 0.05) is 49.1 Å². The van der Waals surface area contributed by atoms with Crippen molar-refractivity contribution < 1.29 is 0 Å². The van der Waals surface area contributed by atoms with Crippen molar-refractivity contribution in [1.29, 1.82) is 0 Å². The van der Waals surface area contributed by atoms with E-state index in [1.807, 2.05) is 0 Å². The summed E-state index contributed by atoms with van der Waals surface area (Å²) in [5.74, 6) is 0.658. The molecule has 4 aromatic heterocycles. The molecule has 0 N–H and O–H groups in total. The fourth-order valence-electron chi connectivity index (χ4n) is 9.70. The zero-order valence-electron chi connectivity index (χ0n) is 32.8. The molecule has 13 aromatic rings. The number of hydrogen-bond donors (Lipinski definition) is 0. The minimum Gasteiger partial charge on any atom is -0.309 e. The van der Waals surface area contributed by atoms with E-state index >= 15 is 0 Å². The van der Waals surface area contributed by atoms with Gasteiger partial charge in [0.05, 0.1) is 38.0 Å². The zero-order chi connectivity index (χ0) is 40.0. The molecule has 0 amide bonds. The van der Waals surface area contributed by atoms with Gasteiger partial charge in [-0.2, -0.15) is 0 Å². The van der Waals surface area contributed by atoms with E-state index in [4.69, 9.17) is 9.97 Å². The van der Waals surface area contributed by atoms with E-state index in [-0.39, 0.29) is 0 Å². The van der Waals surface area contributed by atoms with Crippen molar-refractivity contribution >= 4 is 86.7 Å². The first-order chi connectivity index (χ1) is 30.3. The Morgan fingerprint density at radius 1 is 0.393 bits per heavy atom. The summed E-state index contributed by atoms with van der Waals surface area (Å²) in [7, 11) is 0. The SMILES string of the molecule is c1ccc(-c2csc3c(-c4ccccc4)nc(-n4c5ccc(-c6cccc7c6c6c8ccccc8ccc6n7-c6ccccc6)cc5c5ccc6ccccc6c54)nc23)cc1. The van der Waals surface area contributed by atoms with Crippen LogP contribution >= 0.6 is 11.3 Å². The van der Waals surface area contributed by atoms with Gasteiger partial charge in [-0.25, -0.2) is 9.97 Å². The van der Waals surface area contributed by atoms with Gasteiger partial charge < -0.3 is 4.57 Å². The maximum atomic E-state index is 5.52. The highest BCUT2D eigenvalue weighted by Gasteiger charge is 2.23. The molecule has 0 atom stereocenters. The van der Waals surface area contributed by atoms with E-state index in [1.165, 1.54) is 48.9 Å². The van der Waals surface area contributed by atoms with Crippen molar-refractivity contribution in [2.75, 3.05) is 0 Å². The maximum Gasteiger partial charge on any atom is 0.235 e. The normalized spacial score (nSPS) is 11.9. The molecular weight excluding hydrogens is 761 g/mol. The number of benzene rings is 9. The minimum absolute atomic E-state index is 0.658. The largest absolute Gasteiger partial charge is 0.309 e. The van der Waals surface area contributed by atoms with Gasteiger partial charge in [0.1, 0.15) is 0 Å². The van der Waals surface area contributed by atoms with Gasteiger partial charge in [-0.05, 0) is 69.2 Å². The van der Waals surface area contributed by atoms with Crippen molar-refractivity contribution in [2.24, 2.45) is 0 Å². The third-order valence-corrected chi connectivity index (χ3v) is 13.4. The molecule has 61 heavy (non-hydrogen) atoms. The van der Waals surface area contributed by atoms with Gasteiger partial charge in [-0.3, -0.25) is 4.57 Å². The van der Waals surface area contributed by atoms with Gasteiger partial charge in [0.25, 0.3) is 0 Å². The third-order valence-electron chi connectivity index (χ3n) is 12.4. The van der Waals surface area contributed by atoms with Crippen molar-refractivity contribution in [1.82, 2.24) is 19.1 Å². The summed E-state index contributed by atoms with van der Waals surface area (Å²) in [6.45, 7) is 0. The first-order valence-electron chi connectivity index (χ1n) is 20.7. The highest BCUT2D eigenvalue weighted by atomic mass is 32.1. The Kier molecular flexibility index (Phi) is 7.44. The van der Waals surface area contributed by atoms with Crippen LogP contribution in [-0.2, 0) is 0 Å². The summed E-state index contributed by atoms with van der Waals surface area (Å²) < 4.78 is 5.81. The Hall–Kier alpha value is -7.86. The van der Waals surface area contributed by atoms with Crippen molar-refractivity contribution in [3.63, 3.8) is 0 Å². The van der Waals surface area contributed by atoms with Crippen molar-refractivity contribution in [2.45, 2.75) is 0 Å². The minimum atomic E-state index is 0.658. The van der Waals surface area contributed by atoms with Crippen LogP contribution in [0, 0.1) is 0 Å². The molecule has 0 aliphatic rings. The van der Waals surface area contributed by atoms with Crippen LogP contribution in [0.15, 0.2) is 206 Å². The van der Waals surface area contributed by atoms with E-state index in [1.54, 1.807) is 11.3 Å². The predicted molar refractivity (Wildman–Crippen MR) is 257 cm³/mol. The molecule has 4 nitrogen and oxygen atoms in total. The lowest BCUT2D eigenvalue weighted by atomic mass is 9.95. The van der Waals surface area contributed by atoms with Crippen molar-refractivity contribution in [3.05, 3.63) is 206 Å². The lowest BCUT2D eigenvalue weighted by Gasteiger charge is -2.12. The van der Waals surface area contributed by atoms with E-state index in [9.17, 15) is 0 Å².